The van der Waals surface area contributed by atoms with E-state index in [9.17, 15) is 13.2 Å². The first kappa shape index (κ1) is 26.3. The lowest BCUT2D eigenvalue weighted by molar-refractivity contribution is -0.123. The summed E-state index contributed by atoms with van der Waals surface area (Å²) in [6.07, 6.45) is 2.31. The van der Waals surface area contributed by atoms with Gasteiger partial charge in [-0.05, 0) is 67.5 Å². The highest BCUT2D eigenvalue weighted by molar-refractivity contribution is 7.89. The highest BCUT2D eigenvalue weighted by atomic mass is 35.5. The zero-order valence-electron chi connectivity index (χ0n) is 19.8. The second-order valence-corrected chi connectivity index (χ2v) is 11.1. The molecule has 7 nitrogen and oxygen atoms in total. The van der Waals surface area contributed by atoms with Crippen LogP contribution in [0.1, 0.15) is 43.7 Å². The molecule has 1 unspecified atom stereocenters. The molecule has 0 radical (unpaired) electrons. The third kappa shape index (κ3) is 7.61. The van der Waals surface area contributed by atoms with Crippen LogP contribution in [0.15, 0.2) is 42.5 Å². The number of benzene rings is 2. The molecule has 0 spiro atoms. The van der Waals surface area contributed by atoms with E-state index in [1.54, 1.807) is 14.0 Å². The molecule has 1 aliphatic rings. The third-order valence-corrected chi connectivity index (χ3v) is 7.56. The highest BCUT2D eigenvalue weighted by Crippen LogP contribution is 2.33. The largest absolute Gasteiger partial charge is 0.493 e. The zero-order chi connectivity index (χ0) is 24.7. The van der Waals surface area contributed by atoms with Crippen LogP contribution in [0, 0.1) is 5.92 Å². The van der Waals surface area contributed by atoms with Gasteiger partial charge in [0.05, 0.1) is 19.5 Å². The molecule has 0 bridgehead atoms. The first-order valence-electron chi connectivity index (χ1n) is 11.5. The summed E-state index contributed by atoms with van der Waals surface area (Å²) in [5, 5.41) is 3.57. The van der Waals surface area contributed by atoms with Gasteiger partial charge in [-0.25, -0.2) is 13.1 Å². The predicted octanol–water partition coefficient (Wildman–Crippen LogP) is 3.91. The van der Waals surface area contributed by atoms with Crippen molar-refractivity contribution in [1.82, 2.24) is 10.0 Å². The Hall–Kier alpha value is -2.29. The second kappa shape index (κ2) is 11.9. The van der Waals surface area contributed by atoms with Gasteiger partial charge in [-0.2, -0.15) is 0 Å². The number of halogens is 1. The number of sulfonamides is 1. The number of rotatable bonds is 13. The predicted molar refractivity (Wildman–Crippen MR) is 134 cm³/mol. The van der Waals surface area contributed by atoms with Crippen molar-refractivity contribution < 1.29 is 22.7 Å². The van der Waals surface area contributed by atoms with Crippen LogP contribution in [-0.4, -0.2) is 46.4 Å². The molecule has 0 saturated heterocycles. The Morgan fingerprint density at radius 1 is 1.15 bits per heavy atom. The molecule has 2 N–H and O–H groups in total. The molecule has 1 amide bonds. The number of nitrogens with one attached hydrogen (secondary N) is 2. The summed E-state index contributed by atoms with van der Waals surface area (Å²) < 4.78 is 37.9. The molecule has 2 atom stereocenters. The minimum Gasteiger partial charge on any atom is -0.493 e. The molecule has 3 rings (SSSR count). The van der Waals surface area contributed by atoms with Gasteiger partial charge < -0.3 is 14.8 Å². The molecular formula is C25H33ClN2O5S. The smallest absolute Gasteiger partial charge is 0.238 e. The standard InChI is InChI=1S/C25H33ClN2O5S/c1-4-34(30,31)28-24(20-6-7-20)25(29)27-14-13-18-5-12-22(23(15-18)32-3)33-16-17(2)19-8-10-21(26)11-9-19/h5,8-12,15,17,20,24,28H,4,6-7,13-14,16H2,1-3H3,(H,27,29)/t17?,24-/m0/s1. The van der Waals surface area contributed by atoms with E-state index >= 15 is 0 Å². The molecule has 34 heavy (non-hydrogen) atoms. The van der Waals surface area contributed by atoms with Gasteiger partial charge in [0.15, 0.2) is 11.5 Å². The number of hydrogen-bond acceptors (Lipinski definition) is 5. The number of carbonyl (C=O) groups excluding carboxylic acids is 1. The van der Waals surface area contributed by atoms with Gasteiger partial charge in [0.25, 0.3) is 0 Å². The molecule has 0 aromatic heterocycles. The molecule has 1 saturated carbocycles. The lowest BCUT2D eigenvalue weighted by Gasteiger charge is -2.18. The number of methoxy groups -OCH3 is 1. The average Bonchev–Trinajstić information content (AvgIpc) is 3.67. The number of amides is 1. The maximum atomic E-state index is 12.6. The van der Waals surface area contributed by atoms with Gasteiger partial charge in [-0.1, -0.05) is 36.7 Å². The van der Waals surface area contributed by atoms with E-state index in [1.807, 2.05) is 42.5 Å². The van der Waals surface area contributed by atoms with E-state index in [2.05, 4.69) is 17.0 Å². The molecular weight excluding hydrogens is 476 g/mol. The van der Waals surface area contributed by atoms with Gasteiger partial charge in [0.2, 0.25) is 15.9 Å². The topological polar surface area (TPSA) is 93.7 Å². The molecule has 2 aromatic carbocycles. The maximum Gasteiger partial charge on any atom is 0.238 e. The average molecular weight is 509 g/mol. The summed E-state index contributed by atoms with van der Waals surface area (Å²) >= 11 is 5.96. The number of carbonyl (C=O) groups is 1. The lowest BCUT2D eigenvalue weighted by atomic mass is 10.0. The van der Waals surface area contributed by atoms with Crippen molar-refractivity contribution in [3.8, 4) is 11.5 Å². The van der Waals surface area contributed by atoms with Crippen molar-refractivity contribution in [2.24, 2.45) is 5.92 Å². The minimum atomic E-state index is -3.44. The maximum absolute atomic E-state index is 12.6. The fourth-order valence-corrected chi connectivity index (χ4v) is 4.58. The van der Waals surface area contributed by atoms with Crippen LogP contribution in [0.3, 0.4) is 0 Å². The van der Waals surface area contributed by atoms with E-state index in [4.69, 9.17) is 21.1 Å². The summed E-state index contributed by atoms with van der Waals surface area (Å²) in [4.78, 5) is 12.6. The quantitative estimate of drug-likeness (QED) is 0.428. The Morgan fingerprint density at radius 2 is 1.85 bits per heavy atom. The normalized spacial score (nSPS) is 15.4. The van der Waals surface area contributed by atoms with Crippen LogP contribution in [0.4, 0.5) is 0 Å². The summed E-state index contributed by atoms with van der Waals surface area (Å²) in [7, 11) is -1.84. The molecule has 9 heteroatoms. The van der Waals surface area contributed by atoms with E-state index in [0.717, 1.165) is 24.0 Å². The fraction of sp³-hybridized carbons (Fsp3) is 0.480. The third-order valence-electron chi connectivity index (χ3n) is 5.93. The van der Waals surface area contributed by atoms with Gasteiger partial charge in [0.1, 0.15) is 6.04 Å². The van der Waals surface area contributed by atoms with E-state index in [1.165, 1.54) is 0 Å². The zero-order valence-corrected chi connectivity index (χ0v) is 21.4. The summed E-state index contributed by atoms with van der Waals surface area (Å²) in [6, 6.07) is 12.7. The van der Waals surface area contributed by atoms with Gasteiger partial charge in [-0.15, -0.1) is 0 Å². The van der Waals surface area contributed by atoms with E-state index in [-0.39, 0.29) is 23.5 Å². The van der Waals surface area contributed by atoms with E-state index in [0.29, 0.717) is 36.1 Å². The Balaban J connectivity index is 1.52. The highest BCUT2D eigenvalue weighted by Gasteiger charge is 2.38. The van der Waals surface area contributed by atoms with Crippen LogP contribution in [0.5, 0.6) is 11.5 Å². The number of hydrogen-bond donors (Lipinski definition) is 2. The first-order chi connectivity index (χ1) is 16.2. The fourth-order valence-electron chi connectivity index (χ4n) is 3.60. The van der Waals surface area contributed by atoms with Gasteiger partial charge >= 0.3 is 0 Å². The molecule has 2 aromatic rings. The molecule has 1 fully saturated rings. The Labute approximate surface area is 207 Å². The number of ether oxygens (including phenoxy) is 2. The summed E-state index contributed by atoms with van der Waals surface area (Å²) in [5.74, 6) is 1.21. The molecule has 186 valence electrons. The van der Waals surface area contributed by atoms with E-state index < -0.39 is 16.1 Å². The Kier molecular flexibility index (Phi) is 9.22. The van der Waals surface area contributed by atoms with Crippen molar-refractivity contribution in [2.45, 2.75) is 45.1 Å². The van der Waals surface area contributed by atoms with Crippen LogP contribution in [0.2, 0.25) is 5.02 Å². The van der Waals surface area contributed by atoms with Crippen molar-refractivity contribution in [3.05, 3.63) is 58.6 Å². The second-order valence-electron chi connectivity index (χ2n) is 8.63. The van der Waals surface area contributed by atoms with Crippen molar-refractivity contribution in [1.29, 1.82) is 0 Å². The Bertz CT molecular complexity index is 1070. The van der Waals surface area contributed by atoms with Crippen molar-refractivity contribution in [3.63, 3.8) is 0 Å². The molecule has 0 heterocycles. The van der Waals surface area contributed by atoms with Crippen molar-refractivity contribution >= 4 is 27.5 Å². The minimum absolute atomic E-state index is 0.0454. The van der Waals surface area contributed by atoms with Gasteiger partial charge in [-0.3, -0.25) is 4.79 Å². The summed E-state index contributed by atoms with van der Waals surface area (Å²) in [6.45, 7) is 4.53. The van der Waals surface area contributed by atoms with Crippen LogP contribution in [-0.2, 0) is 21.2 Å². The van der Waals surface area contributed by atoms with Crippen LogP contribution >= 0.6 is 11.6 Å². The lowest BCUT2D eigenvalue weighted by Crippen LogP contribution is -2.48. The van der Waals surface area contributed by atoms with Crippen molar-refractivity contribution in [2.75, 3.05) is 26.0 Å². The summed E-state index contributed by atoms with van der Waals surface area (Å²) in [5.41, 5.74) is 2.12. The van der Waals surface area contributed by atoms with Gasteiger partial charge in [0, 0.05) is 17.5 Å². The van der Waals surface area contributed by atoms with Crippen LogP contribution in [0.25, 0.3) is 0 Å². The first-order valence-corrected chi connectivity index (χ1v) is 13.6. The molecule has 1 aliphatic carbocycles. The SMILES string of the molecule is CCS(=O)(=O)N[C@H](C(=O)NCCc1ccc(OCC(C)c2ccc(Cl)cc2)c(OC)c1)C1CC1. The monoisotopic (exact) mass is 508 g/mol. The molecule has 0 aliphatic heterocycles. The Morgan fingerprint density at radius 3 is 2.47 bits per heavy atom. The van der Waals surface area contributed by atoms with Crippen LogP contribution < -0.4 is 19.5 Å².